The van der Waals surface area contributed by atoms with Crippen LogP contribution in [0.1, 0.15) is 19.8 Å². The third-order valence-corrected chi connectivity index (χ3v) is 5.33. The summed E-state index contributed by atoms with van der Waals surface area (Å²) in [5.41, 5.74) is 0.612. The van der Waals surface area contributed by atoms with Gasteiger partial charge in [-0.2, -0.15) is 0 Å². The van der Waals surface area contributed by atoms with Gasteiger partial charge >= 0.3 is 0 Å². The van der Waals surface area contributed by atoms with Gasteiger partial charge in [0.25, 0.3) is 10.0 Å². The van der Waals surface area contributed by atoms with E-state index in [9.17, 15) is 8.42 Å². The Morgan fingerprint density at radius 3 is 2.33 bits per heavy atom. The van der Waals surface area contributed by atoms with E-state index in [0.717, 1.165) is 12.8 Å². The van der Waals surface area contributed by atoms with Crippen LogP contribution in [-0.4, -0.2) is 21.6 Å². The minimum Gasteiger partial charge on any atom is -0.494 e. The average Bonchev–Trinajstić information content (AvgIpc) is 2.61. The molecule has 0 aliphatic rings. The van der Waals surface area contributed by atoms with Crippen LogP contribution in [0.4, 0.5) is 5.69 Å². The molecule has 0 radical (unpaired) electrons. The standard InChI is InChI=1S/C19H23NO3S/c1-3-5-16-23-18-11-13-19(14-12-18)24(21,22)20(15-4-2)17-9-7-6-8-10-17/h4,6-14H,2-3,5,15-16H2,1H3. The van der Waals surface area contributed by atoms with E-state index in [4.69, 9.17) is 4.74 Å². The average molecular weight is 345 g/mol. The first kappa shape index (κ1) is 18.1. The van der Waals surface area contributed by atoms with Crippen LogP contribution in [-0.2, 0) is 10.0 Å². The van der Waals surface area contributed by atoms with Gasteiger partial charge in [-0.05, 0) is 42.8 Å². The van der Waals surface area contributed by atoms with Crippen LogP contribution in [0.3, 0.4) is 0 Å². The number of hydrogen-bond acceptors (Lipinski definition) is 3. The maximum absolute atomic E-state index is 12.9. The van der Waals surface area contributed by atoms with Crippen molar-refractivity contribution in [3.63, 3.8) is 0 Å². The van der Waals surface area contributed by atoms with Crippen LogP contribution in [0.25, 0.3) is 0 Å². The van der Waals surface area contributed by atoms with Crippen molar-refractivity contribution < 1.29 is 13.2 Å². The lowest BCUT2D eigenvalue weighted by Gasteiger charge is -2.23. The minimum absolute atomic E-state index is 0.209. The van der Waals surface area contributed by atoms with Crippen molar-refractivity contribution in [3.05, 3.63) is 67.3 Å². The van der Waals surface area contributed by atoms with Gasteiger partial charge in [-0.1, -0.05) is 37.6 Å². The summed E-state index contributed by atoms with van der Waals surface area (Å²) in [6.45, 7) is 6.60. The van der Waals surface area contributed by atoms with Crippen LogP contribution in [0.15, 0.2) is 72.1 Å². The van der Waals surface area contributed by atoms with E-state index in [1.54, 1.807) is 42.5 Å². The summed E-state index contributed by atoms with van der Waals surface area (Å²) in [7, 11) is -3.65. The summed E-state index contributed by atoms with van der Waals surface area (Å²) >= 11 is 0. The largest absolute Gasteiger partial charge is 0.494 e. The number of ether oxygens (including phenoxy) is 1. The van der Waals surface area contributed by atoms with Crippen molar-refractivity contribution in [2.24, 2.45) is 0 Å². The SMILES string of the molecule is C=CCN(c1ccccc1)S(=O)(=O)c1ccc(OCCCC)cc1. The number of hydrogen-bond donors (Lipinski definition) is 0. The lowest BCUT2D eigenvalue weighted by molar-refractivity contribution is 0.309. The van der Waals surface area contributed by atoms with E-state index in [1.165, 1.54) is 4.31 Å². The number of rotatable bonds is 9. The van der Waals surface area contributed by atoms with Gasteiger partial charge in [0.15, 0.2) is 0 Å². The molecule has 24 heavy (non-hydrogen) atoms. The Hall–Kier alpha value is -2.27. The molecule has 0 saturated carbocycles. The van der Waals surface area contributed by atoms with Crippen molar-refractivity contribution in [1.82, 2.24) is 0 Å². The van der Waals surface area contributed by atoms with Gasteiger partial charge in [-0.25, -0.2) is 8.42 Å². The number of nitrogens with zero attached hydrogens (tertiary/aromatic N) is 1. The highest BCUT2D eigenvalue weighted by Gasteiger charge is 2.23. The Balaban J connectivity index is 2.25. The lowest BCUT2D eigenvalue weighted by Crippen LogP contribution is -2.31. The summed E-state index contributed by atoms with van der Waals surface area (Å²) in [6, 6.07) is 15.6. The zero-order valence-electron chi connectivity index (χ0n) is 13.9. The molecule has 0 aliphatic carbocycles. The molecule has 0 unspecified atom stereocenters. The fraction of sp³-hybridized carbons (Fsp3) is 0.263. The third-order valence-electron chi connectivity index (χ3n) is 3.52. The summed E-state index contributed by atoms with van der Waals surface area (Å²) < 4.78 is 32.8. The van der Waals surface area contributed by atoms with Crippen LogP contribution in [0.2, 0.25) is 0 Å². The van der Waals surface area contributed by atoms with E-state index in [1.807, 2.05) is 18.2 Å². The molecular formula is C19H23NO3S. The number of anilines is 1. The van der Waals surface area contributed by atoms with Gasteiger partial charge in [0.2, 0.25) is 0 Å². The second kappa shape index (κ2) is 8.55. The third kappa shape index (κ3) is 4.38. The number of sulfonamides is 1. The summed E-state index contributed by atoms with van der Waals surface area (Å²) in [5.74, 6) is 0.678. The number of benzene rings is 2. The predicted molar refractivity (Wildman–Crippen MR) is 98.0 cm³/mol. The second-order valence-corrected chi connectivity index (χ2v) is 7.20. The maximum atomic E-state index is 12.9. The molecule has 5 heteroatoms. The molecule has 0 N–H and O–H groups in total. The first-order valence-corrected chi connectivity index (χ1v) is 9.45. The fourth-order valence-corrected chi connectivity index (χ4v) is 3.66. The Labute approximate surface area is 144 Å². The molecule has 4 nitrogen and oxygen atoms in total. The summed E-state index contributed by atoms with van der Waals surface area (Å²) in [5, 5.41) is 0. The van der Waals surface area contributed by atoms with Crippen LogP contribution in [0, 0.1) is 0 Å². The molecule has 2 aromatic carbocycles. The molecule has 0 aliphatic heterocycles. The van der Waals surface area contributed by atoms with Crippen LogP contribution >= 0.6 is 0 Å². The van der Waals surface area contributed by atoms with Gasteiger partial charge in [-0.15, -0.1) is 6.58 Å². The highest BCUT2D eigenvalue weighted by Crippen LogP contribution is 2.25. The zero-order chi connectivity index (χ0) is 17.4. The molecule has 0 saturated heterocycles. The smallest absolute Gasteiger partial charge is 0.264 e. The van der Waals surface area contributed by atoms with Crippen molar-refractivity contribution in [1.29, 1.82) is 0 Å². The van der Waals surface area contributed by atoms with Crippen molar-refractivity contribution in [2.45, 2.75) is 24.7 Å². The maximum Gasteiger partial charge on any atom is 0.264 e. The topological polar surface area (TPSA) is 46.6 Å². The molecule has 128 valence electrons. The van der Waals surface area contributed by atoms with Crippen LogP contribution < -0.4 is 9.04 Å². The molecule has 2 rings (SSSR count). The van der Waals surface area contributed by atoms with Crippen molar-refractivity contribution >= 4 is 15.7 Å². The molecule has 2 aromatic rings. The number of unbranched alkanes of at least 4 members (excludes halogenated alkanes) is 1. The van der Waals surface area contributed by atoms with E-state index in [-0.39, 0.29) is 11.4 Å². The zero-order valence-corrected chi connectivity index (χ0v) is 14.7. The summed E-state index contributed by atoms with van der Waals surface area (Å²) in [6.07, 6.45) is 3.61. The first-order chi connectivity index (χ1) is 11.6. The summed E-state index contributed by atoms with van der Waals surface area (Å²) in [4.78, 5) is 0.232. The van der Waals surface area contributed by atoms with Gasteiger partial charge in [0, 0.05) is 0 Å². The van der Waals surface area contributed by atoms with Crippen molar-refractivity contribution in [3.8, 4) is 5.75 Å². The van der Waals surface area contributed by atoms with Gasteiger partial charge in [0.05, 0.1) is 23.7 Å². The second-order valence-electron chi connectivity index (χ2n) is 5.33. The molecule has 0 bridgehead atoms. The quantitative estimate of drug-likeness (QED) is 0.504. The Morgan fingerprint density at radius 2 is 1.75 bits per heavy atom. The van der Waals surface area contributed by atoms with E-state index >= 15 is 0 Å². The molecule has 0 atom stereocenters. The predicted octanol–water partition coefficient (Wildman–Crippen LogP) is 4.25. The fourth-order valence-electron chi connectivity index (χ4n) is 2.22. The van der Waals surface area contributed by atoms with Gasteiger partial charge in [-0.3, -0.25) is 4.31 Å². The monoisotopic (exact) mass is 345 g/mol. The minimum atomic E-state index is -3.65. The van der Waals surface area contributed by atoms with Crippen LogP contribution in [0.5, 0.6) is 5.75 Å². The van der Waals surface area contributed by atoms with E-state index in [2.05, 4.69) is 13.5 Å². The van der Waals surface area contributed by atoms with E-state index in [0.29, 0.717) is 18.0 Å². The molecule has 0 aromatic heterocycles. The van der Waals surface area contributed by atoms with E-state index < -0.39 is 10.0 Å². The van der Waals surface area contributed by atoms with Gasteiger partial charge < -0.3 is 4.74 Å². The molecular weight excluding hydrogens is 322 g/mol. The first-order valence-electron chi connectivity index (χ1n) is 8.01. The Kier molecular flexibility index (Phi) is 6.44. The molecule has 0 fully saturated rings. The Morgan fingerprint density at radius 1 is 1.08 bits per heavy atom. The van der Waals surface area contributed by atoms with Crippen molar-refractivity contribution in [2.75, 3.05) is 17.5 Å². The number of para-hydroxylation sites is 1. The Bertz CT molecular complexity index is 740. The normalized spacial score (nSPS) is 11.0. The molecule has 0 amide bonds. The highest BCUT2D eigenvalue weighted by atomic mass is 32.2. The molecule has 0 spiro atoms. The highest BCUT2D eigenvalue weighted by molar-refractivity contribution is 7.92. The molecule has 0 heterocycles. The van der Waals surface area contributed by atoms with Gasteiger partial charge in [0.1, 0.15) is 5.75 Å². The lowest BCUT2D eigenvalue weighted by atomic mass is 10.3.